The van der Waals surface area contributed by atoms with Gasteiger partial charge in [0.15, 0.2) is 0 Å². The predicted molar refractivity (Wildman–Crippen MR) is 75.1 cm³/mol. The second-order valence-corrected chi connectivity index (χ2v) is 5.59. The molecule has 0 aliphatic heterocycles. The van der Waals surface area contributed by atoms with E-state index in [-0.39, 0.29) is 12.2 Å². The van der Waals surface area contributed by atoms with Crippen molar-refractivity contribution in [2.45, 2.75) is 39.3 Å². The highest BCUT2D eigenvalue weighted by Gasteiger charge is 2.27. The van der Waals surface area contributed by atoms with Crippen LogP contribution in [0.4, 0.5) is 8.78 Å². The van der Waals surface area contributed by atoms with E-state index >= 15 is 0 Å². The monoisotopic (exact) mass is 315 g/mol. The van der Waals surface area contributed by atoms with Gasteiger partial charge in [-0.05, 0) is 39.8 Å². The quantitative estimate of drug-likeness (QED) is 0.864. The molecule has 1 aromatic carbocycles. The lowest BCUT2D eigenvalue weighted by molar-refractivity contribution is -0.145. The largest absolute Gasteiger partial charge is 0.465 e. The Kier molecular flexibility index (Phi) is 5.59. The maximum atomic E-state index is 14.0. The molecule has 122 valence electrons. The Balaban J connectivity index is 3.12. The lowest BCUT2D eigenvalue weighted by Crippen LogP contribution is -2.27. The van der Waals surface area contributed by atoms with Crippen LogP contribution in [-0.2, 0) is 14.3 Å². The van der Waals surface area contributed by atoms with Crippen LogP contribution in [0.25, 0.3) is 0 Å². The van der Waals surface area contributed by atoms with Crippen molar-refractivity contribution >= 4 is 11.9 Å². The highest BCUT2D eigenvalue weighted by atomic mass is 19.1. The summed E-state index contributed by atoms with van der Waals surface area (Å²) in [4.78, 5) is 23.3. The van der Waals surface area contributed by atoms with Gasteiger partial charge in [0.25, 0.3) is 0 Å². The van der Waals surface area contributed by atoms with Gasteiger partial charge in [-0.3, -0.25) is 0 Å². The average Bonchev–Trinajstić information content (AvgIpc) is 2.35. The van der Waals surface area contributed by atoms with Gasteiger partial charge < -0.3 is 15.2 Å². The van der Waals surface area contributed by atoms with Gasteiger partial charge in [0.1, 0.15) is 23.3 Å². The van der Waals surface area contributed by atoms with E-state index in [0.717, 1.165) is 12.1 Å². The number of esters is 2. The van der Waals surface area contributed by atoms with Gasteiger partial charge in [0, 0.05) is 0 Å². The molecular formula is C15H19F2NO4. The van der Waals surface area contributed by atoms with Crippen LogP contribution in [-0.4, -0.2) is 24.1 Å². The van der Waals surface area contributed by atoms with E-state index in [0.29, 0.717) is 0 Å². The number of halogens is 2. The molecular weight excluding hydrogens is 296 g/mol. The van der Waals surface area contributed by atoms with E-state index < -0.39 is 40.8 Å². The maximum Gasteiger partial charge on any atom is 0.338 e. The van der Waals surface area contributed by atoms with Gasteiger partial charge in [0.2, 0.25) is 0 Å². The molecule has 0 aromatic heterocycles. The van der Waals surface area contributed by atoms with Crippen molar-refractivity contribution in [2.24, 2.45) is 5.73 Å². The molecule has 22 heavy (non-hydrogen) atoms. The minimum absolute atomic E-state index is 0.0335. The number of benzene rings is 1. The smallest absolute Gasteiger partial charge is 0.338 e. The third kappa shape index (κ3) is 4.49. The molecule has 1 aromatic rings. The van der Waals surface area contributed by atoms with Crippen LogP contribution in [0.5, 0.6) is 0 Å². The summed E-state index contributed by atoms with van der Waals surface area (Å²) in [6.45, 7) is 6.46. The molecule has 0 fully saturated rings. The van der Waals surface area contributed by atoms with Gasteiger partial charge >= 0.3 is 11.9 Å². The van der Waals surface area contributed by atoms with Gasteiger partial charge in [-0.25, -0.2) is 18.4 Å². The summed E-state index contributed by atoms with van der Waals surface area (Å²) in [5, 5.41) is 0. The highest BCUT2D eigenvalue weighted by Crippen LogP contribution is 2.23. The van der Waals surface area contributed by atoms with E-state index in [2.05, 4.69) is 4.74 Å². The standard InChI is InChI=1S/C15H19F2NO4/c1-5-21-14(20)12(18)11-9(16)6-8(7-10(11)17)13(19)22-15(2,3)4/h6-7,12H,5,18H2,1-4H3. The van der Waals surface area contributed by atoms with Crippen molar-refractivity contribution in [3.63, 3.8) is 0 Å². The van der Waals surface area contributed by atoms with Crippen molar-refractivity contribution in [2.75, 3.05) is 6.61 Å². The second-order valence-electron chi connectivity index (χ2n) is 5.59. The Bertz CT molecular complexity index is 558. The molecule has 0 aliphatic rings. The van der Waals surface area contributed by atoms with E-state index in [9.17, 15) is 18.4 Å². The molecule has 0 aliphatic carbocycles. The molecule has 2 N–H and O–H groups in total. The average molecular weight is 315 g/mol. The molecule has 0 amide bonds. The Hall–Kier alpha value is -2.02. The molecule has 1 unspecified atom stereocenters. The first-order valence-corrected chi connectivity index (χ1v) is 6.71. The lowest BCUT2D eigenvalue weighted by Gasteiger charge is -2.20. The summed E-state index contributed by atoms with van der Waals surface area (Å²) >= 11 is 0. The third-order valence-electron chi connectivity index (χ3n) is 2.57. The Morgan fingerprint density at radius 3 is 2.14 bits per heavy atom. The first kappa shape index (κ1) is 18.0. The minimum atomic E-state index is -1.60. The lowest BCUT2D eigenvalue weighted by atomic mass is 10.0. The van der Waals surface area contributed by atoms with Crippen LogP contribution in [0.2, 0.25) is 0 Å². The number of ether oxygens (including phenoxy) is 2. The maximum absolute atomic E-state index is 14.0. The number of hydrogen-bond donors (Lipinski definition) is 1. The van der Waals surface area contributed by atoms with Gasteiger partial charge in [-0.2, -0.15) is 0 Å². The summed E-state index contributed by atoms with van der Waals surface area (Å²) in [6, 6.07) is -0.0374. The van der Waals surface area contributed by atoms with E-state index in [1.54, 1.807) is 27.7 Å². The first-order valence-electron chi connectivity index (χ1n) is 6.71. The number of carbonyl (C=O) groups excluding carboxylic acids is 2. The van der Waals surface area contributed by atoms with Crippen LogP contribution >= 0.6 is 0 Å². The van der Waals surface area contributed by atoms with Gasteiger partial charge in [0.05, 0.1) is 17.7 Å². The van der Waals surface area contributed by atoms with Crippen molar-refractivity contribution in [1.29, 1.82) is 0 Å². The van der Waals surface area contributed by atoms with Crippen LogP contribution in [0.15, 0.2) is 12.1 Å². The molecule has 0 heterocycles. The summed E-state index contributed by atoms with van der Waals surface area (Å²) < 4.78 is 37.7. The van der Waals surface area contributed by atoms with Crippen molar-refractivity contribution in [3.05, 3.63) is 34.9 Å². The van der Waals surface area contributed by atoms with Crippen molar-refractivity contribution in [1.82, 2.24) is 0 Å². The number of rotatable bonds is 4. The van der Waals surface area contributed by atoms with Crippen LogP contribution in [0.3, 0.4) is 0 Å². The third-order valence-corrected chi connectivity index (χ3v) is 2.57. The molecule has 0 saturated carbocycles. The zero-order chi connectivity index (χ0) is 17.1. The minimum Gasteiger partial charge on any atom is -0.465 e. The van der Waals surface area contributed by atoms with E-state index in [1.807, 2.05) is 0 Å². The zero-order valence-electron chi connectivity index (χ0n) is 12.9. The molecule has 1 rings (SSSR count). The summed E-state index contributed by atoms with van der Waals surface area (Å²) in [5.41, 5.74) is 3.73. The molecule has 0 radical (unpaired) electrons. The van der Waals surface area contributed by atoms with Crippen molar-refractivity contribution in [3.8, 4) is 0 Å². The Morgan fingerprint density at radius 1 is 1.23 bits per heavy atom. The zero-order valence-corrected chi connectivity index (χ0v) is 12.9. The van der Waals surface area contributed by atoms with Gasteiger partial charge in [-0.1, -0.05) is 0 Å². The topological polar surface area (TPSA) is 78.6 Å². The molecule has 7 heteroatoms. The van der Waals surface area contributed by atoms with Gasteiger partial charge in [-0.15, -0.1) is 0 Å². The number of carbonyl (C=O) groups is 2. The number of hydrogen-bond acceptors (Lipinski definition) is 5. The first-order chi connectivity index (χ1) is 10.1. The normalized spacial score (nSPS) is 12.7. The van der Waals surface area contributed by atoms with Crippen LogP contribution in [0.1, 0.15) is 49.7 Å². The highest BCUT2D eigenvalue weighted by molar-refractivity contribution is 5.90. The second kappa shape index (κ2) is 6.83. The molecule has 0 bridgehead atoms. The van der Waals surface area contributed by atoms with Crippen molar-refractivity contribution < 1.29 is 27.8 Å². The number of nitrogens with two attached hydrogens (primary N) is 1. The molecule has 5 nitrogen and oxygen atoms in total. The summed E-state index contributed by atoms with van der Waals surface area (Å²) in [7, 11) is 0. The predicted octanol–water partition coefficient (Wildman–Crippen LogP) is 2.48. The van der Waals surface area contributed by atoms with E-state index in [4.69, 9.17) is 10.5 Å². The van der Waals surface area contributed by atoms with Crippen LogP contribution < -0.4 is 5.73 Å². The summed E-state index contributed by atoms with van der Waals surface area (Å²) in [5.74, 6) is -4.05. The molecule has 1 atom stereocenters. The fourth-order valence-electron chi connectivity index (χ4n) is 1.69. The molecule has 0 spiro atoms. The SMILES string of the molecule is CCOC(=O)C(N)c1c(F)cc(C(=O)OC(C)(C)C)cc1F. The Morgan fingerprint density at radius 2 is 1.73 bits per heavy atom. The summed E-state index contributed by atoms with van der Waals surface area (Å²) in [6.07, 6.45) is 0. The Labute approximate surface area is 127 Å². The van der Waals surface area contributed by atoms with Crippen LogP contribution in [0, 0.1) is 11.6 Å². The fourth-order valence-corrected chi connectivity index (χ4v) is 1.69. The van der Waals surface area contributed by atoms with E-state index in [1.165, 1.54) is 0 Å². The molecule has 0 saturated heterocycles. The fraction of sp³-hybridized carbons (Fsp3) is 0.467.